The highest BCUT2D eigenvalue weighted by molar-refractivity contribution is 6.00. The fourth-order valence-corrected chi connectivity index (χ4v) is 4.41. The van der Waals surface area contributed by atoms with Crippen LogP contribution in [-0.4, -0.2) is 49.0 Å². The molecule has 0 aliphatic rings. The van der Waals surface area contributed by atoms with Crippen LogP contribution in [0.15, 0.2) is 72.8 Å². The van der Waals surface area contributed by atoms with E-state index in [2.05, 4.69) is 20.8 Å². The number of benzene rings is 3. The number of rotatable bonds is 12. The van der Waals surface area contributed by atoms with E-state index < -0.39 is 18.5 Å². The lowest BCUT2D eigenvalue weighted by atomic mass is 9.87. The minimum absolute atomic E-state index is 0.00737. The van der Waals surface area contributed by atoms with Crippen molar-refractivity contribution in [1.29, 1.82) is 0 Å². The first-order valence-corrected chi connectivity index (χ1v) is 12.9. The van der Waals surface area contributed by atoms with Gasteiger partial charge >= 0.3 is 6.18 Å². The topological polar surface area (TPSA) is 79.0 Å². The molecule has 0 aliphatic carbocycles. The molecule has 0 aliphatic heterocycles. The molecule has 3 N–H and O–H groups in total. The average molecular weight is 555 g/mol. The van der Waals surface area contributed by atoms with E-state index in [4.69, 9.17) is 4.74 Å². The van der Waals surface area contributed by atoms with E-state index in [-0.39, 0.29) is 16.9 Å². The summed E-state index contributed by atoms with van der Waals surface area (Å²) in [4.78, 5) is 11.3. The van der Waals surface area contributed by atoms with Crippen molar-refractivity contribution in [2.24, 2.45) is 0 Å². The van der Waals surface area contributed by atoms with Crippen LogP contribution in [-0.2, 0) is 4.79 Å². The van der Waals surface area contributed by atoms with Gasteiger partial charge in [0.15, 0.2) is 0 Å². The van der Waals surface area contributed by atoms with Gasteiger partial charge in [-0.05, 0) is 65.1 Å². The number of hydrogen-bond donors (Lipinski definition) is 3. The SMILES string of the molecule is CNC(=O)CCCNCCOc1ccc(C(=C(CC(F)(F)F)c2ccccc2)c2ccc3n[nH]c(F)c3c2)cc1. The predicted octanol–water partition coefficient (Wildman–Crippen LogP) is 6.11. The minimum Gasteiger partial charge on any atom is -0.492 e. The quantitative estimate of drug-likeness (QED) is 0.112. The second-order valence-electron chi connectivity index (χ2n) is 9.18. The molecule has 1 aromatic heterocycles. The number of hydrogen-bond acceptors (Lipinski definition) is 4. The van der Waals surface area contributed by atoms with E-state index in [1.54, 1.807) is 73.8 Å². The number of carbonyl (C=O) groups excluding carboxylic acids is 1. The molecule has 0 atom stereocenters. The maximum Gasteiger partial charge on any atom is 0.393 e. The molecule has 6 nitrogen and oxygen atoms in total. The zero-order chi connectivity index (χ0) is 28.5. The maximum atomic E-state index is 14.4. The van der Waals surface area contributed by atoms with Crippen molar-refractivity contribution in [3.8, 4) is 5.75 Å². The number of amides is 1. The standard InChI is InChI=1S/C30H30F4N4O2/c1-35-27(39)8-5-15-36-16-17-40-23-12-9-21(10-13-23)28(22-11-14-26-24(18-22)29(31)38-37-26)25(19-30(32,33)34)20-6-3-2-4-7-20/h2-4,6-7,9-14,18,36H,5,8,15-17,19H2,1H3,(H,35,39)(H,37,38). The van der Waals surface area contributed by atoms with Gasteiger partial charge in [-0.1, -0.05) is 48.5 Å². The minimum atomic E-state index is -4.47. The first-order valence-electron chi connectivity index (χ1n) is 12.9. The molecule has 4 rings (SSSR count). The van der Waals surface area contributed by atoms with Gasteiger partial charge in [0, 0.05) is 20.0 Å². The third-order valence-electron chi connectivity index (χ3n) is 6.32. The highest BCUT2D eigenvalue weighted by atomic mass is 19.4. The van der Waals surface area contributed by atoms with Crippen LogP contribution in [0.3, 0.4) is 0 Å². The third kappa shape index (κ3) is 7.69. The Balaban J connectivity index is 1.62. The Hall–Kier alpha value is -4.18. The van der Waals surface area contributed by atoms with E-state index in [1.165, 1.54) is 6.07 Å². The lowest BCUT2D eigenvalue weighted by Crippen LogP contribution is -2.24. The molecule has 40 heavy (non-hydrogen) atoms. The molecule has 0 radical (unpaired) electrons. The summed E-state index contributed by atoms with van der Waals surface area (Å²) in [6.07, 6.45) is -4.49. The summed E-state index contributed by atoms with van der Waals surface area (Å²) >= 11 is 0. The Kier molecular flexibility index (Phi) is 9.55. The van der Waals surface area contributed by atoms with Gasteiger partial charge in [0.2, 0.25) is 11.9 Å². The van der Waals surface area contributed by atoms with Crippen molar-refractivity contribution in [2.75, 3.05) is 26.7 Å². The van der Waals surface area contributed by atoms with Crippen LogP contribution in [0.2, 0.25) is 0 Å². The normalized spacial score (nSPS) is 12.3. The van der Waals surface area contributed by atoms with Crippen molar-refractivity contribution < 1.29 is 27.1 Å². The first-order chi connectivity index (χ1) is 19.2. The van der Waals surface area contributed by atoms with Crippen LogP contribution in [0.1, 0.15) is 36.0 Å². The van der Waals surface area contributed by atoms with Gasteiger partial charge < -0.3 is 15.4 Å². The Morgan fingerprint density at radius 1 is 0.950 bits per heavy atom. The number of alkyl halides is 3. The van der Waals surface area contributed by atoms with Crippen molar-refractivity contribution in [2.45, 2.75) is 25.4 Å². The van der Waals surface area contributed by atoms with Crippen molar-refractivity contribution >= 4 is 28.0 Å². The molecule has 0 saturated heterocycles. The molecular formula is C30H30F4N4O2. The van der Waals surface area contributed by atoms with Gasteiger partial charge in [0.1, 0.15) is 12.4 Å². The van der Waals surface area contributed by atoms with Crippen molar-refractivity contribution in [3.63, 3.8) is 0 Å². The highest BCUT2D eigenvalue weighted by Crippen LogP contribution is 2.40. The average Bonchev–Trinajstić information content (AvgIpc) is 3.32. The van der Waals surface area contributed by atoms with Gasteiger partial charge in [0.05, 0.1) is 17.3 Å². The fraction of sp³-hybridized carbons (Fsp3) is 0.267. The number of fused-ring (bicyclic) bond motifs is 1. The number of nitrogens with zero attached hydrogens (tertiary/aromatic N) is 1. The van der Waals surface area contributed by atoms with Crippen molar-refractivity contribution in [1.82, 2.24) is 20.8 Å². The number of halogens is 4. The second-order valence-corrected chi connectivity index (χ2v) is 9.18. The summed E-state index contributed by atoms with van der Waals surface area (Å²) in [6.45, 7) is 1.62. The van der Waals surface area contributed by atoms with Gasteiger partial charge in [0.25, 0.3) is 0 Å². The summed E-state index contributed by atoms with van der Waals surface area (Å²) in [5.41, 5.74) is 2.19. The van der Waals surface area contributed by atoms with E-state index in [9.17, 15) is 22.4 Å². The van der Waals surface area contributed by atoms with E-state index >= 15 is 0 Å². The zero-order valence-corrected chi connectivity index (χ0v) is 21.9. The Morgan fingerprint density at radius 2 is 1.68 bits per heavy atom. The van der Waals surface area contributed by atoms with Crippen LogP contribution in [0.5, 0.6) is 5.75 Å². The van der Waals surface area contributed by atoms with Gasteiger partial charge in [-0.15, -0.1) is 0 Å². The third-order valence-corrected chi connectivity index (χ3v) is 6.32. The number of aromatic nitrogens is 2. The molecule has 0 saturated carbocycles. The largest absolute Gasteiger partial charge is 0.492 e. The number of ether oxygens (including phenoxy) is 1. The number of allylic oxidation sites excluding steroid dienone is 1. The van der Waals surface area contributed by atoms with Crippen LogP contribution in [0.25, 0.3) is 22.0 Å². The van der Waals surface area contributed by atoms with Crippen LogP contribution >= 0.6 is 0 Å². The number of H-pyrrole nitrogens is 1. The smallest absolute Gasteiger partial charge is 0.393 e. The van der Waals surface area contributed by atoms with E-state index in [1.807, 2.05) is 0 Å². The molecule has 1 heterocycles. The zero-order valence-electron chi connectivity index (χ0n) is 21.9. The van der Waals surface area contributed by atoms with Gasteiger partial charge in [-0.2, -0.15) is 22.7 Å². The predicted molar refractivity (Wildman–Crippen MR) is 147 cm³/mol. The lowest BCUT2D eigenvalue weighted by Gasteiger charge is -2.19. The van der Waals surface area contributed by atoms with Crippen LogP contribution in [0.4, 0.5) is 17.6 Å². The van der Waals surface area contributed by atoms with Crippen LogP contribution in [0, 0.1) is 5.95 Å². The summed E-state index contributed by atoms with van der Waals surface area (Å²) in [5.74, 6) is -0.102. The molecule has 210 valence electrons. The first kappa shape index (κ1) is 28.8. The summed E-state index contributed by atoms with van der Waals surface area (Å²) in [7, 11) is 1.60. The number of carbonyl (C=O) groups is 1. The van der Waals surface area contributed by atoms with E-state index in [0.717, 1.165) is 0 Å². The van der Waals surface area contributed by atoms with Crippen molar-refractivity contribution in [3.05, 3.63) is 95.4 Å². The maximum absolute atomic E-state index is 14.4. The molecule has 1 amide bonds. The molecule has 0 fully saturated rings. The fourth-order valence-electron chi connectivity index (χ4n) is 4.41. The Labute approximate surface area is 229 Å². The molecule has 4 aromatic rings. The second kappa shape index (κ2) is 13.3. The Morgan fingerprint density at radius 3 is 2.38 bits per heavy atom. The van der Waals surface area contributed by atoms with Gasteiger partial charge in [-0.3, -0.25) is 9.89 Å². The molecule has 3 aromatic carbocycles. The lowest BCUT2D eigenvalue weighted by molar-refractivity contribution is -0.123. The van der Waals surface area contributed by atoms with E-state index in [0.29, 0.717) is 66.1 Å². The van der Waals surface area contributed by atoms with Crippen LogP contribution < -0.4 is 15.4 Å². The number of aromatic amines is 1. The molecule has 0 bridgehead atoms. The molecule has 0 spiro atoms. The Bertz CT molecular complexity index is 1450. The molecular weight excluding hydrogens is 524 g/mol. The number of nitrogens with one attached hydrogen (secondary N) is 3. The summed E-state index contributed by atoms with van der Waals surface area (Å²) < 4.78 is 61.7. The highest BCUT2D eigenvalue weighted by Gasteiger charge is 2.31. The molecule has 10 heteroatoms. The summed E-state index contributed by atoms with van der Waals surface area (Å²) in [5, 5.41) is 12.1. The monoisotopic (exact) mass is 554 g/mol. The molecule has 0 unspecified atom stereocenters. The van der Waals surface area contributed by atoms with Gasteiger partial charge in [-0.25, -0.2) is 0 Å². The summed E-state index contributed by atoms with van der Waals surface area (Å²) in [6, 6.07) is 20.0.